The van der Waals surface area contributed by atoms with Gasteiger partial charge in [0.05, 0.1) is 0 Å². The standard InChI is InChI=1S/C9H5ClF3NO2/c10-7(15)5-1-3-6(4-2-5)14-8(16)9(11,12)13/h1-4H,(H,14,16). The molecule has 0 saturated carbocycles. The second kappa shape index (κ2) is 4.52. The SMILES string of the molecule is O=C(Cl)c1ccc(NC(=O)C(F)(F)F)cc1. The van der Waals surface area contributed by atoms with Gasteiger partial charge in [-0.3, -0.25) is 9.59 Å². The first-order valence-electron chi connectivity index (χ1n) is 3.99. The summed E-state index contributed by atoms with van der Waals surface area (Å²) in [5, 5.41) is 0.902. The molecule has 7 heteroatoms. The molecule has 1 rings (SSSR count). The summed E-state index contributed by atoms with van der Waals surface area (Å²) in [7, 11) is 0. The Morgan fingerprint density at radius 1 is 1.12 bits per heavy atom. The van der Waals surface area contributed by atoms with Crippen LogP contribution in [0.4, 0.5) is 18.9 Å². The number of alkyl halides is 3. The minimum Gasteiger partial charge on any atom is -0.318 e. The molecule has 0 aliphatic rings. The molecule has 16 heavy (non-hydrogen) atoms. The third-order valence-corrected chi connectivity index (χ3v) is 1.85. The maximum atomic E-state index is 11.9. The van der Waals surface area contributed by atoms with Gasteiger partial charge in [-0.15, -0.1) is 0 Å². The normalized spacial score (nSPS) is 11.0. The van der Waals surface area contributed by atoms with E-state index in [0.717, 1.165) is 12.1 Å². The molecule has 0 spiro atoms. The quantitative estimate of drug-likeness (QED) is 0.821. The number of hydrogen-bond acceptors (Lipinski definition) is 2. The first kappa shape index (κ1) is 12.5. The summed E-state index contributed by atoms with van der Waals surface area (Å²) < 4.78 is 35.6. The van der Waals surface area contributed by atoms with Gasteiger partial charge in [-0.25, -0.2) is 0 Å². The first-order valence-corrected chi connectivity index (χ1v) is 4.36. The van der Waals surface area contributed by atoms with Crippen molar-refractivity contribution in [2.45, 2.75) is 6.18 Å². The molecule has 0 aliphatic heterocycles. The van der Waals surface area contributed by atoms with Gasteiger partial charge in [-0.2, -0.15) is 13.2 Å². The van der Waals surface area contributed by atoms with Crippen LogP contribution in [-0.2, 0) is 4.79 Å². The summed E-state index contributed by atoms with van der Waals surface area (Å²) in [6, 6.07) is 4.72. The number of carbonyl (C=O) groups excluding carboxylic acids is 2. The lowest BCUT2D eigenvalue weighted by atomic mass is 10.2. The van der Waals surface area contributed by atoms with Crippen molar-refractivity contribution in [3.63, 3.8) is 0 Å². The van der Waals surface area contributed by atoms with Crippen LogP contribution in [0.25, 0.3) is 0 Å². The van der Waals surface area contributed by atoms with Gasteiger partial charge in [-0.1, -0.05) is 0 Å². The summed E-state index contributed by atoms with van der Waals surface area (Å²) >= 11 is 5.13. The predicted molar refractivity (Wildman–Crippen MR) is 51.3 cm³/mol. The number of nitrogens with one attached hydrogen (secondary N) is 1. The third kappa shape index (κ3) is 3.23. The molecule has 3 nitrogen and oxygen atoms in total. The van der Waals surface area contributed by atoms with Crippen molar-refractivity contribution < 1.29 is 22.8 Å². The number of halogens is 4. The zero-order chi connectivity index (χ0) is 12.3. The lowest BCUT2D eigenvalue weighted by molar-refractivity contribution is -0.167. The van der Waals surface area contributed by atoms with Gasteiger partial charge in [0.1, 0.15) is 0 Å². The number of amides is 1. The Kier molecular flexibility index (Phi) is 3.54. The molecule has 86 valence electrons. The van der Waals surface area contributed by atoms with Crippen LogP contribution in [0.1, 0.15) is 10.4 Å². The van der Waals surface area contributed by atoms with E-state index in [2.05, 4.69) is 0 Å². The molecule has 0 heterocycles. The third-order valence-electron chi connectivity index (χ3n) is 1.63. The van der Waals surface area contributed by atoms with Crippen molar-refractivity contribution in [2.24, 2.45) is 0 Å². The molecular formula is C9H5ClF3NO2. The van der Waals surface area contributed by atoms with E-state index in [0.29, 0.717) is 0 Å². The van der Waals surface area contributed by atoms with Crippen LogP contribution in [0.15, 0.2) is 24.3 Å². The summed E-state index contributed by atoms with van der Waals surface area (Å²) in [6.07, 6.45) is -4.94. The molecular weight excluding hydrogens is 247 g/mol. The van der Waals surface area contributed by atoms with Crippen molar-refractivity contribution in [2.75, 3.05) is 5.32 Å². The molecule has 1 amide bonds. The fraction of sp³-hybridized carbons (Fsp3) is 0.111. The van der Waals surface area contributed by atoms with Gasteiger partial charge >= 0.3 is 12.1 Å². The van der Waals surface area contributed by atoms with Crippen molar-refractivity contribution >= 4 is 28.4 Å². The molecule has 0 saturated heterocycles. The Hall–Kier alpha value is -1.56. The minimum absolute atomic E-state index is 0.0657. The molecule has 0 aromatic heterocycles. The van der Waals surface area contributed by atoms with Crippen LogP contribution in [0.5, 0.6) is 0 Å². The first-order chi connectivity index (χ1) is 7.30. The number of hydrogen-bond donors (Lipinski definition) is 1. The van der Waals surface area contributed by atoms with Crippen molar-refractivity contribution in [1.29, 1.82) is 0 Å². The van der Waals surface area contributed by atoms with Gasteiger partial charge < -0.3 is 5.32 Å². The van der Waals surface area contributed by atoms with Crippen LogP contribution < -0.4 is 5.32 Å². The highest BCUT2D eigenvalue weighted by atomic mass is 35.5. The van der Waals surface area contributed by atoms with Crippen molar-refractivity contribution in [1.82, 2.24) is 0 Å². The predicted octanol–water partition coefficient (Wildman–Crippen LogP) is 2.57. The zero-order valence-corrected chi connectivity index (χ0v) is 8.39. The minimum atomic E-state index is -4.94. The van der Waals surface area contributed by atoms with E-state index in [1.165, 1.54) is 12.1 Å². The maximum Gasteiger partial charge on any atom is 0.471 e. The second-order valence-corrected chi connectivity index (χ2v) is 3.15. The Morgan fingerprint density at radius 2 is 1.62 bits per heavy atom. The fourth-order valence-electron chi connectivity index (χ4n) is 0.887. The lowest BCUT2D eigenvalue weighted by Crippen LogP contribution is -2.29. The van der Waals surface area contributed by atoms with Gasteiger partial charge in [-0.05, 0) is 35.9 Å². The van der Waals surface area contributed by atoms with Crippen molar-refractivity contribution in [3.8, 4) is 0 Å². The largest absolute Gasteiger partial charge is 0.471 e. The number of carbonyl (C=O) groups is 2. The number of benzene rings is 1. The molecule has 0 bridgehead atoms. The average Bonchev–Trinajstić information content (AvgIpc) is 2.17. The number of anilines is 1. The average molecular weight is 252 g/mol. The highest BCUT2D eigenvalue weighted by Crippen LogP contribution is 2.18. The smallest absolute Gasteiger partial charge is 0.318 e. The fourth-order valence-corrected chi connectivity index (χ4v) is 1.01. The Bertz CT molecular complexity index is 414. The molecule has 0 fully saturated rings. The second-order valence-electron chi connectivity index (χ2n) is 2.80. The maximum absolute atomic E-state index is 11.9. The zero-order valence-electron chi connectivity index (χ0n) is 7.64. The van der Waals surface area contributed by atoms with Gasteiger partial charge in [0.15, 0.2) is 0 Å². The molecule has 0 atom stereocenters. The summed E-state index contributed by atoms with van der Waals surface area (Å²) in [5.74, 6) is -2.07. The monoisotopic (exact) mass is 251 g/mol. The van der Waals surface area contributed by atoms with E-state index in [9.17, 15) is 22.8 Å². The van der Waals surface area contributed by atoms with E-state index in [1.54, 1.807) is 5.32 Å². The lowest BCUT2D eigenvalue weighted by Gasteiger charge is -2.07. The Balaban J connectivity index is 2.77. The van der Waals surface area contributed by atoms with Crippen LogP contribution >= 0.6 is 11.6 Å². The summed E-state index contributed by atoms with van der Waals surface area (Å²) in [5.41, 5.74) is 0.0654. The molecule has 1 N–H and O–H groups in total. The van der Waals surface area contributed by atoms with E-state index in [4.69, 9.17) is 11.6 Å². The van der Waals surface area contributed by atoms with E-state index < -0.39 is 17.3 Å². The molecule has 0 unspecified atom stereocenters. The van der Waals surface area contributed by atoms with Gasteiger partial charge in [0.25, 0.3) is 5.24 Å². The van der Waals surface area contributed by atoms with Crippen LogP contribution in [0.3, 0.4) is 0 Å². The molecule has 1 aromatic rings. The Labute approximate surface area is 93.2 Å². The van der Waals surface area contributed by atoms with E-state index in [-0.39, 0.29) is 11.3 Å². The van der Waals surface area contributed by atoms with Crippen LogP contribution in [-0.4, -0.2) is 17.3 Å². The molecule has 0 aliphatic carbocycles. The highest BCUT2D eigenvalue weighted by Gasteiger charge is 2.38. The van der Waals surface area contributed by atoms with Gasteiger partial charge in [0, 0.05) is 11.3 Å². The topological polar surface area (TPSA) is 46.2 Å². The van der Waals surface area contributed by atoms with Gasteiger partial charge in [0.2, 0.25) is 0 Å². The van der Waals surface area contributed by atoms with E-state index >= 15 is 0 Å². The summed E-state index contributed by atoms with van der Waals surface area (Å²) in [6.45, 7) is 0. The van der Waals surface area contributed by atoms with Crippen LogP contribution in [0, 0.1) is 0 Å². The Morgan fingerprint density at radius 3 is 2.00 bits per heavy atom. The van der Waals surface area contributed by atoms with E-state index in [1.807, 2.05) is 0 Å². The highest BCUT2D eigenvalue weighted by molar-refractivity contribution is 6.67. The molecule has 0 radical (unpaired) electrons. The number of rotatable bonds is 2. The molecule has 1 aromatic carbocycles. The van der Waals surface area contributed by atoms with Crippen molar-refractivity contribution in [3.05, 3.63) is 29.8 Å². The van der Waals surface area contributed by atoms with Crippen LogP contribution in [0.2, 0.25) is 0 Å². The summed E-state index contributed by atoms with van der Waals surface area (Å²) in [4.78, 5) is 21.2.